The average Bonchev–Trinajstić information content (AvgIpc) is 2.25. The van der Waals surface area contributed by atoms with Gasteiger partial charge in [0.2, 0.25) is 5.91 Å². The Balaban J connectivity index is 2.45. The maximum Gasteiger partial charge on any atom is 0.220 e. The standard InChI is InChI=1S/C12H15BrClNO/c1-2-7-15-12(16)6-4-9-3-5-10(13)8-11(9)14/h3,5,8H,2,4,6-7H2,1H3,(H,15,16). The van der Waals surface area contributed by atoms with Gasteiger partial charge in [0.05, 0.1) is 0 Å². The van der Waals surface area contributed by atoms with Crippen LogP contribution in [0.25, 0.3) is 0 Å². The first-order valence-corrected chi connectivity index (χ1v) is 6.51. The lowest BCUT2D eigenvalue weighted by molar-refractivity contribution is -0.121. The summed E-state index contributed by atoms with van der Waals surface area (Å²) < 4.78 is 0.955. The predicted octanol–water partition coefficient (Wildman–Crippen LogP) is 3.56. The van der Waals surface area contributed by atoms with E-state index in [1.54, 1.807) is 0 Å². The number of carbonyl (C=O) groups excluding carboxylic acids is 1. The summed E-state index contributed by atoms with van der Waals surface area (Å²) in [6.07, 6.45) is 2.13. The van der Waals surface area contributed by atoms with Crippen molar-refractivity contribution >= 4 is 33.4 Å². The summed E-state index contributed by atoms with van der Waals surface area (Å²) in [4.78, 5) is 11.4. The van der Waals surface area contributed by atoms with Gasteiger partial charge < -0.3 is 5.32 Å². The average molecular weight is 305 g/mol. The molecule has 0 saturated carbocycles. The highest BCUT2D eigenvalue weighted by Crippen LogP contribution is 2.22. The number of carbonyl (C=O) groups is 1. The topological polar surface area (TPSA) is 29.1 Å². The second-order valence-corrected chi connectivity index (χ2v) is 4.91. The summed E-state index contributed by atoms with van der Waals surface area (Å²) >= 11 is 9.40. The quantitative estimate of drug-likeness (QED) is 0.885. The van der Waals surface area contributed by atoms with Gasteiger partial charge in [0.25, 0.3) is 0 Å². The van der Waals surface area contributed by atoms with Crippen molar-refractivity contribution < 1.29 is 4.79 Å². The highest BCUT2D eigenvalue weighted by atomic mass is 79.9. The molecule has 1 N–H and O–H groups in total. The molecule has 0 aliphatic carbocycles. The van der Waals surface area contributed by atoms with E-state index in [0.717, 1.165) is 23.0 Å². The van der Waals surface area contributed by atoms with Crippen molar-refractivity contribution in [2.45, 2.75) is 26.2 Å². The van der Waals surface area contributed by atoms with Gasteiger partial charge in [0.1, 0.15) is 0 Å². The summed E-state index contributed by atoms with van der Waals surface area (Å²) in [5.41, 5.74) is 1.01. The first-order valence-electron chi connectivity index (χ1n) is 5.34. The molecule has 1 rings (SSSR count). The maximum absolute atomic E-state index is 11.4. The van der Waals surface area contributed by atoms with E-state index in [1.807, 2.05) is 25.1 Å². The van der Waals surface area contributed by atoms with E-state index >= 15 is 0 Å². The fraction of sp³-hybridized carbons (Fsp3) is 0.417. The van der Waals surface area contributed by atoms with Gasteiger partial charge in [-0.25, -0.2) is 0 Å². The zero-order valence-corrected chi connectivity index (χ0v) is 11.6. The Kier molecular flexibility index (Phi) is 5.85. The van der Waals surface area contributed by atoms with Crippen LogP contribution in [0.15, 0.2) is 22.7 Å². The minimum Gasteiger partial charge on any atom is -0.356 e. The smallest absolute Gasteiger partial charge is 0.220 e. The van der Waals surface area contributed by atoms with Gasteiger partial charge >= 0.3 is 0 Å². The van der Waals surface area contributed by atoms with Crippen LogP contribution in [0.2, 0.25) is 5.02 Å². The molecule has 0 aromatic heterocycles. The SMILES string of the molecule is CCCNC(=O)CCc1ccc(Br)cc1Cl. The van der Waals surface area contributed by atoms with Gasteiger partial charge in [-0.2, -0.15) is 0 Å². The van der Waals surface area contributed by atoms with E-state index in [4.69, 9.17) is 11.6 Å². The van der Waals surface area contributed by atoms with Crippen molar-refractivity contribution in [3.8, 4) is 0 Å². The lowest BCUT2D eigenvalue weighted by Crippen LogP contribution is -2.24. The lowest BCUT2D eigenvalue weighted by Gasteiger charge is -2.05. The van der Waals surface area contributed by atoms with Crippen molar-refractivity contribution in [1.82, 2.24) is 5.32 Å². The van der Waals surface area contributed by atoms with Gasteiger partial charge in [-0.3, -0.25) is 4.79 Å². The zero-order valence-electron chi connectivity index (χ0n) is 9.22. The van der Waals surface area contributed by atoms with Crippen LogP contribution in [0.4, 0.5) is 0 Å². The van der Waals surface area contributed by atoms with Gasteiger partial charge in [0.15, 0.2) is 0 Å². The number of benzene rings is 1. The van der Waals surface area contributed by atoms with Gasteiger partial charge in [-0.1, -0.05) is 40.5 Å². The molecule has 0 aliphatic rings. The molecule has 4 heteroatoms. The molecule has 16 heavy (non-hydrogen) atoms. The minimum atomic E-state index is 0.0841. The monoisotopic (exact) mass is 303 g/mol. The fourth-order valence-electron chi connectivity index (χ4n) is 1.33. The first-order chi connectivity index (χ1) is 7.63. The van der Waals surface area contributed by atoms with Crippen molar-refractivity contribution in [2.75, 3.05) is 6.54 Å². The number of hydrogen-bond acceptors (Lipinski definition) is 1. The highest BCUT2D eigenvalue weighted by molar-refractivity contribution is 9.10. The molecule has 0 aliphatic heterocycles. The molecule has 0 spiro atoms. The van der Waals surface area contributed by atoms with Crippen molar-refractivity contribution in [1.29, 1.82) is 0 Å². The van der Waals surface area contributed by atoms with E-state index in [9.17, 15) is 4.79 Å². The van der Waals surface area contributed by atoms with E-state index in [-0.39, 0.29) is 5.91 Å². The highest BCUT2D eigenvalue weighted by Gasteiger charge is 2.04. The largest absolute Gasteiger partial charge is 0.356 e. The third kappa shape index (κ3) is 4.54. The Morgan fingerprint density at radius 2 is 2.25 bits per heavy atom. The third-order valence-corrected chi connectivity index (χ3v) is 3.05. The Morgan fingerprint density at radius 1 is 1.50 bits per heavy atom. The van der Waals surface area contributed by atoms with Crippen LogP contribution in [-0.2, 0) is 11.2 Å². The van der Waals surface area contributed by atoms with Crippen LogP contribution in [0.5, 0.6) is 0 Å². The number of nitrogens with one attached hydrogen (secondary N) is 1. The summed E-state index contributed by atoms with van der Waals surface area (Å²) in [7, 11) is 0. The second kappa shape index (κ2) is 6.92. The number of hydrogen-bond donors (Lipinski definition) is 1. The van der Waals surface area contributed by atoms with Crippen LogP contribution in [0.3, 0.4) is 0 Å². The van der Waals surface area contributed by atoms with Crippen LogP contribution < -0.4 is 5.32 Å². The number of aryl methyl sites for hydroxylation is 1. The van der Waals surface area contributed by atoms with Crippen molar-refractivity contribution in [3.63, 3.8) is 0 Å². The van der Waals surface area contributed by atoms with Crippen LogP contribution >= 0.6 is 27.5 Å². The second-order valence-electron chi connectivity index (χ2n) is 3.59. The molecule has 0 saturated heterocycles. The predicted molar refractivity (Wildman–Crippen MR) is 70.8 cm³/mol. The zero-order chi connectivity index (χ0) is 12.0. The number of halogens is 2. The Bertz CT molecular complexity index is 368. The molecule has 88 valence electrons. The Labute approximate surface area is 110 Å². The normalized spacial score (nSPS) is 10.2. The maximum atomic E-state index is 11.4. The van der Waals surface area contributed by atoms with Crippen molar-refractivity contribution in [2.24, 2.45) is 0 Å². The minimum absolute atomic E-state index is 0.0841. The van der Waals surface area contributed by atoms with Gasteiger partial charge in [0, 0.05) is 22.5 Å². The van der Waals surface area contributed by atoms with E-state index in [2.05, 4.69) is 21.2 Å². The molecule has 0 atom stereocenters. The fourth-order valence-corrected chi connectivity index (χ4v) is 2.09. The van der Waals surface area contributed by atoms with Gasteiger partial charge in [-0.15, -0.1) is 0 Å². The molecular formula is C12H15BrClNO. The number of rotatable bonds is 5. The first kappa shape index (κ1) is 13.5. The summed E-state index contributed by atoms with van der Waals surface area (Å²) in [6.45, 7) is 2.78. The summed E-state index contributed by atoms with van der Waals surface area (Å²) in [5.74, 6) is 0.0841. The third-order valence-electron chi connectivity index (χ3n) is 2.21. The van der Waals surface area contributed by atoms with E-state index < -0.39 is 0 Å². The van der Waals surface area contributed by atoms with Gasteiger partial charge in [-0.05, 0) is 30.5 Å². The molecule has 1 aromatic rings. The molecular weight excluding hydrogens is 289 g/mol. The molecule has 0 bridgehead atoms. The molecule has 1 amide bonds. The van der Waals surface area contributed by atoms with Crippen LogP contribution in [0, 0.1) is 0 Å². The molecule has 2 nitrogen and oxygen atoms in total. The molecule has 0 fully saturated rings. The lowest BCUT2D eigenvalue weighted by atomic mass is 10.1. The van der Waals surface area contributed by atoms with E-state index in [1.165, 1.54) is 0 Å². The molecule has 0 unspecified atom stereocenters. The van der Waals surface area contributed by atoms with E-state index in [0.29, 0.717) is 17.9 Å². The molecule has 0 radical (unpaired) electrons. The van der Waals surface area contributed by atoms with Crippen LogP contribution in [0.1, 0.15) is 25.3 Å². The van der Waals surface area contributed by atoms with Crippen LogP contribution in [-0.4, -0.2) is 12.5 Å². The van der Waals surface area contributed by atoms with Crippen molar-refractivity contribution in [3.05, 3.63) is 33.3 Å². The Morgan fingerprint density at radius 3 is 2.88 bits per heavy atom. The summed E-state index contributed by atoms with van der Waals surface area (Å²) in [6, 6.07) is 5.73. The number of amides is 1. The molecule has 1 aromatic carbocycles. The summed E-state index contributed by atoms with van der Waals surface area (Å²) in [5, 5.41) is 3.55. The molecule has 0 heterocycles. The Hall–Kier alpha value is -0.540.